The molecule has 1 aromatic heterocycles. The lowest BCUT2D eigenvalue weighted by Gasteiger charge is -2.04. The Morgan fingerprint density at radius 1 is 0.844 bits per heavy atom. The minimum atomic E-state index is -3.35. The van der Waals surface area contributed by atoms with Crippen LogP contribution in [0.4, 0.5) is 13.2 Å². The molecule has 164 valence electrons. The highest BCUT2D eigenvalue weighted by Crippen LogP contribution is 2.37. The molecule has 9 heteroatoms. The van der Waals surface area contributed by atoms with Crippen molar-refractivity contribution in [2.75, 3.05) is 6.26 Å². The van der Waals surface area contributed by atoms with Gasteiger partial charge in [0.05, 0.1) is 15.5 Å². The van der Waals surface area contributed by atoms with Crippen molar-refractivity contribution in [2.45, 2.75) is 11.5 Å². The minimum absolute atomic E-state index is 0.0279. The number of halogens is 3. The van der Waals surface area contributed by atoms with Crippen molar-refractivity contribution in [1.82, 2.24) is 4.98 Å². The number of nitrogens with zero attached hydrogens (tertiary/aromatic N) is 1. The zero-order valence-corrected chi connectivity index (χ0v) is 18.3. The van der Waals surface area contributed by atoms with Crippen molar-refractivity contribution in [3.63, 3.8) is 0 Å². The van der Waals surface area contributed by atoms with E-state index in [2.05, 4.69) is 4.98 Å². The first-order chi connectivity index (χ1) is 15.2. The van der Waals surface area contributed by atoms with Crippen LogP contribution in [0, 0.1) is 17.5 Å². The van der Waals surface area contributed by atoms with Gasteiger partial charge in [-0.25, -0.2) is 26.6 Å². The van der Waals surface area contributed by atoms with Crippen LogP contribution in [-0.2, 0) is 16.4 Å². The molecule has 4 aromatic rings. The zero-order chi connectivity index (χ0) is 22.9. The van der Waals surface area contributed by atoms with E-state index in [4.69, 9.17) is 4.74 Å². The maximum Gasteiger partial charge on any atom is 0.175 e. The van der Waals surface area contributed by atoms with Crippen LogP contribution in [0.15, 0.2) is 71.6 Å². The molecule has 0 saturated carbocycles. The van der Waals surface area contributed by atoms with Crippen molar-refractivity contribution in [3.05, 3.63) is 89.2 Å². The number of rotatable bonds is 6. The monoisotopic (exact) mass is 475 g/mol. The molecule has 0 unspecified atom stereocenters. The van der Waals surface area contributed by atoms with Crippen LogP contribution in [0.1, 0.15) is 5.01 Å². The molecule has 3 aromatic carbocycles. The third-order valence-electron chi connectivity index (χ3n) is 4.53. The van der Waals surface area contributed by atoms with E-state index in [1.807, 2.05) is 0 Å². The SMILES string of the molecule is CS(=O)(=O)c1ccc(-c2nc(COc3cc(F)cc(F)c3)sc2-c2ccc(F)cc2)cc1. The van der Waals surface area contributed by atoms with Gasteiger partial charge < -0.3 is 4.74 Å². The van der Waals surface area contributed by atoms with Gasteiger partial charge in [-0.3, -0.25) is 0 Å². The molecule has 0 radical (unpaired) electrons. The normalized spacial score (nSPS) is 11.5. The number of sulfone groups is 1. The highest BCUT2D eigenvalue weighted by molar-refractivity contribution is 7.90. The summed E-state index contributed by atoms with van der Waals surface area (Å²) in [5, 5.41) is 0.524. The first-order valence-electron chi connectivity index (χ1n) is 9.34. The molecular formula is C23H16F3NO3S2. The van der Waals surface area contributed by atoms with Gasteiger partial charge in [0.1, 0.15) is 34.8 Å². The smallest absolute Gasteiger partial charge is 0.175 e. The number of hydrogen-bond donors (Lipinski definition) is 0. The van der Waals surface area contributed by atoms with E-state index >= 15 is 0 Å². The summed E-state index contributed by atoms with van der Waals surface area (Å²) < 4.78 is 69.2. The summed E-state index contributed by atoms with van der Waals surface area (Å²) in [5.41, 5.74) is 1.94. The van der Waals surface area contributed by atoms with Gasteiger partial charge in [-0.05, 0) is 29.8 Å². The average molecular weight is 476 g/mol. The third kappa shape index (κ3) is 5.00. The summed E-state index contributed by atoms with van der Waals surface area (Å²) in [7, 11) is -3.35. The fraction of sp³-hybridized carbons (Fsp3) is 0.0870. The van der Waals surface area contributed by atoms with E-state index in [-0.39, 0.29) is 23.1 Å². The van der Waals surface area contributed by atoms with Crippen molar-refractivity contribution >= 4 is 21.2 Å². The number of benzene rings is 3. The van der Waals surface area contributed by atoms with Gasteiger partial charge in [-0.15, -0.1) is 11.3 Å². The molecule has 0 N–H and O–H groups in total. The summed E-state index contributed by atoms with van der Waals surface area (Å²) in [5.74, 6) is -1.86. The lowest BCUT2D eigenvalue weighted by molar-refractivity contribution is 0.302. The fourth-order valence-corrected chi connectivity index (χ4v) is 4.67. The topological polar surface area (TPSA) is 56.3 Å². The van der Waals surface area contributed by atoms with Gasteiger partial charge in [-0.2, -0.15) is 0 Å². The standard InChI is InChI=1S/C23H16F3NO3S2/c1-32(28,29)20-8-4-14(5-9-20)22-23(15-2-6-16(24)7-3-15)31-21(27-22)13-30-19-11-17(25)10-18(26)12-19/h2-12H,13H2,1H3. The molecule has 0 fully saturated rings. The lowest BCUT2D eigenvalue weighted by atomic mass is 10.1. The van der Waals surface area contributed by atoms with Crippen LogP contribution < -0.4 is 4.74 Å². The van der Waals surface area contributed by atoms with Gasteiger partial charge in [0.25, 0.3) is 0 Å². The first kappa shape index (κ1) is 22.0. The van der Waals surface area contributed by atoms with Crippen LogP contribution in [0.2, 0.25) is 0 Å². The Kier molecular flexibility index (Phi) is 6.03. The molecule has 0 aliphatic carbocycles. The Balaban J connectivity index is 1.70. The Morgan fingerprint density at radius 2 is 1.44 bits per heavy atom. The Morgan fingerprint density at radius 3 is 2.03 bits per heavy atom. The van der Waals surface area contributed by atoms with Crippen molar-refractivity contribution < 1.29 is 26.3 Å². The van der Waals surface area contributed by atoms with Gasteiger partial charge in [0.2, 0.25) is 0 Å². The van der Waals surface area contributed by atoms with Gasteiger partial charge in [0.15, 0.2) is 9.84 Å². The number of thiazole rings is 1. The lowest BCUT2D eigenvalue weighted by Crippen LogP contribution is -1.97. The second kappa shape index (κ2) is 8.76. The van der Waals surface area contributed by atoms with E-state index in [9.17, 15) is 21.6 Å². The molecule has 4 rings (SSSR count). The molecule has 0 aliphatic heterocycles. The molecule has 0 amide bonds. The van der Waals surface area contributed by atoms with Crippen LogP contribution in [-0.4, -0.2) is 19.7 Å². The Bertz CT molecular complexity index is 1350. The third-order valence-corrected chi connectivity index (χ3v) is 6.74. The fourth-order valence-electron chi connectivity index (χ4n) is 3.04. The van der Waals surface area contributed by atoms with Gasteiger partial charge >= 0.3 is 0 Å². The summed E-state index contributed by atoms with van der Waals surface area (Å²) in [6.45, 7) is -0.0385. The molecule has 4 nitrogen and oxygen atoms in total. The predicted octanol–water partition coefficient (Wildman–Crippen LogP) is 5.88. The van der Waals surface area contributed by atoms with E-state index in [1.54, 1.807) is 24.3 Å². The molecule has 0 saturated heterocycles. The second-order valence-corrected chi connectivity index (χ2v) is 10.1. The highest BCUT2D eigenvalue weighted by Gasteiger charge is 2.17. The number of ether oxygens (including phenoxy) is 1. The van der Waals surface area contributed by atoms with E-state index in [1.165, 1.54) is 35.6 Å². The number of aromatic nitrogens is 1. The zero-order valence-electron chi connectivity index (χ0n) is 16.7. The Labute approximate surface area is 186 Å². The molecule has 32 heavy (non-hydrogen) atoms. The molecule has 0 atom stereocenters. The molecule has 0 aliphatic rings. The van der Waals surface area contributed by atoms with E-state index in [0.29, 0.717) is 21.8 Å². The highest BCUT2D eigenvalue weighted by atomic mass is 32.2. The van der Waals surface area contributed by atoms with Crippen molar-refractivity contribution in [2.24, 2.45) is 0 Å². The summed E-state index contributed by atoms with van der Waals surface area (Å²) in [6.07, 6.45) is 1.12. The van der Waals surface area contributed by atoms with Crippen molar-refractivity contribution in [1.29, 1.82) is 0 Å². The first-order valence-corrected chi connectivity index (χ1v) is 12.0. The molecular weight excluding hydrogens is 459 g/mol. The van der Waals surface area contributed by atoms with Crippen LogP contribution in [0.25, 0.3) is 21.7 Å². The van der Waals surface area contributed by atoms with Crippen LogP contribution in [0.3, 0.4) is 0 Å². The molecule has 0 bridgehead atoms. The maximum absolute atomic E-state index is 13.4. The quantitative estimate of drug-likeness (QED) is 0.350. The largest absolute Gasteiger partial charge is 0.486 e. The molecule has 1 heterocycles. The molecule has 0 spiro atoms. The summed E-state index contributed by atoms with van der Waals surface area (Å²) >= 11 is 1.29. The van der Waals surface area contributed by atoms with Crippen LogP contribution in [0.5, 0.6) is 5.75 Å². The average Bonchev–Trinajstić information content (AvgIpc) is 3.16. The van der Waals surface area contributed by atoms with Crippen molar-refractivity contribution in [3.8, 4) is 27.4 Å². The van der Waals surface area contributed by atoms with Gasteiger partial charge in [-0.1, -0.05) is 24.3 Å². The van der Waals surface area contributed by atoms with Gasteiger partial charge in [0, 0.05) is 30.0 Å². The van der Waals surface area contributed by atoms with Crippen LogP contribution >= 0.6 is 11.3 Å². The second-order valence-electron chi connectivity index (χ2n) is 6.98. The minimum Gasteiger partial charge on any atom is -0.486 e. The van der Waals surface area contributed by atoms with E-state index in [0.717, 1.165) is 29.3 Å². The summed E-state index contributed by atoms with van der Waals surface area (Å²) in [4.78, 5) is 5.49. The predicted molar refractivity (Wildman–Crippen MR) is 117 cm³/mol. The maximum atomic E-state index is 13.4. The van der Waals surface area contributed by atoms with E-state index < -0.39 is 21.5 Å². The Hall–Kier alpha value is -3.17. The summed E-state index contributed by atoms with van der Waals surface area (Å²) in [6, 6.07) is 15.1. The number of hydrogen-bond acceptors (Lipinski definition) is 5.